The Kier molecular flexibility index (Phi) is 8.33. The quantitative estimate of drug-likeness (QED) is 0.368. The van der Waals surface area contributed by atoms with Gasteiger partial charge in [-0.2, -0.15) is 5.10 Å². The zero-order valence-electron chi connectivity index (χ0n) is 21.1. The molecule has 1 fully saturated rings. The Morgan fingerprint density at radius 1 is 1.22 bits per heavy atom. The van der Waals surface area contributed by atoms with Gasteiger partial charge < -0.3 is 14.6 Å². The van der Waals surface area contributed by atoms with Crippen LogP contribution in [0.15, 0.2) is 42.6 Å². The summed E-state index contributed by atoms with van der Waals surface area (Å²) >= 11 is 6.22. The van der Waals surface area contributed by atoms with Crippen molar-refractivity contribution in [1.82, 2.24) is 14.8 Å². The first-order valence-corrected chi connectivity index (χ1v) is 12.7. The molecule has 37 heavy (non-hydrogen) atoms. The number of nitrogens with one attached hydrogen (secondary N) is 1. The van der Waals surface area contributed by atoms with E-state index in [1.807, 2.05) is 31.2 Å². The summed E-state index contributed by atoms with van der Waals surface area (Å²) in [5, 5.41) is 17.1. The smallest absolute Gasteiger partial charge is 0.413 e. The van der Waals surface area contributed by atoms with Gasteiger partial charge in [0.25, 0.3) is 0 Å². The first-order chi connectivity index (χ1) is 17.7. The Labute approximate surface area is 220 Å². The number of aromatic nitrogens is 3. The molecule has 2 heterocycles. The molecule has 0 saturated heterocycles. The summed E-state index contributed by atoms with van der Waals surface area (Å²) in [6, 6.07) is 10.8. The number of carbonyl (C=O) groups is 2. The molecule has 3 atom stereocenters. The lowest BCUT2D eigenvalue weighted by Crippen LogP contribution is -2.31. The predicted molar refractivity (Wildman–Crippen MR) is 140 cm³/mol. The number of carbonyl (C=O) groups excluding carboxylic acids is 1. The number of rotatable bonds is 8. The molecule has 3 aromatic rings. The van der Waals surface area contributed by atoms with Gasteiger partial charge in [-0.05, 0) is 44.9 Å². The molecule has 4 rings (SSSR count). The zero-order chi connectivity index (χ0) is 26.5. The van der Waals surface area contributed by atoms with Crippen molar-refractivity contribution in [1.29, 1.82) is 0 Å². The zero-order valence-corrected chi connectivity index (χ0v) is 21.9. The minimum absolute atomic E-state index is 0.0152. The molecule has 0 spiro atoms. The van der Waals surface area contributed by atoms with E-state index in [2.05, 4.69) is 15.4 Å². The van der Waals surface area contributed by atoms with Gasteiger partial charge in [0, 0.05) is 23.6 Å². The summed E-state index contributed by atoms with van der Waals surface area (Å²) in [7, 11) is 1.71. The van der Waals surface area contributed by atoms with Crippen LogP contribution in [0.2, 0.25) is 5.02 Å². The number of benzene rings is 1. The summed E-state index contributed by atoms with van der Waals surface area (Å²) in [5.41, 5.74) is 2.59. The molecule has 1 aromatic carbocycles. The number of carboxylic acid groups (broad SMARTS) is 1. The second kappa shape index (κ2) is 11.6. The van der Waals surface area contributed by atoms with E-state index < -0.39 is 18.2 Å². The van der Waals surface area contributed by atoms with Crippen LogP contribution < -0.4 is 10.1 Å². The van der Waals surface area contributed by atoms with Crippen molar-refractivity contribution in [3.05, 3.63) is 58.9 Å². The number of aryl methyl sites for hydroxylation is 2. The van der Waals surface area contributed by atoms with Crippen LogP contribution in [-0.4, -0.2) is 38.5 Å². The van der Waals surface area contributed by atoms with Gasteiger partial charge >= 0.3 is 12.1 Å². The van der Waals surface area contributed by atoms with E-state index in [1.165, 1.54) is 4.68 Å². The van der Waals surface area contributed by atoms with E-state index in [0.717, 1.165) is 19.3 Å². The largest absolute Gasteiger partial charge is 0.491 e. The second-order valence-electron chi connectivity index (χ2n) is 9.30. The van der Waals surface area contributed by atoms with Gasteiger partial charge in [0.1, 0.15) is 17.7 Å². The molecule has 9 nitrogen and oxygen atoms in total. The fourth-order valence-corrected chi connectivity index (χ4v) is 5.00. The van der Waals surface area contributed by atoms with Crippen molar-refractivity contribution in [3.63, 3.8) is 0 Å². The fraction of sp³-hybridized carbons (Fsp3) is 0.407. The molecule has 196 valence electrons. The highest BCUT2D eigenvalue weighted by molar-refractivity contribution is 6.31. The number of anilines is 1. The number of pyridine rings is 1. The number of halogens is 1. The SMILES string of the molecule is Cc1nc(-c2cnn(C)c2NC(=O)O[C@H](C)c2ccccc2Cl)ccc1OC[C@H]1CCCC[C@@H]1C(=O)O. The Morgan fingerprint density at radius 2 is 1.97 bits per heavy atom. The lowest BCUT2D eigenvalue weighted by Gasteiger charge is -2.28. The van der Waals surface area contributed by atoms with Crippen LogP contribution in [0.1, 0.15) is 50.0 Å². The third-order valence-corrected chi connectivity index (χ3v) is 7.12. The van der Waals surface area contributed by atoms with E-state index in [9.17, 15) is 14.7 Å². The monoisotopic (exact) mass is 526 g/mol. The maximum absolute atomic E-state index is 12.7. The van der Waals surface area contributed by atoms with Gasteiger partial charge in [-0.3, -0.25) is 14.8 Å². The van der Waals surface area contributed by atoms with Gasteiger partial charge in [0.05, 0.1) is 35.7 Å². The number of nitrogens with zero attached hydrogens (tertiary/aromatic N) is 3. The molecule has 0 aliphatic heterocycles. The van der Waals surface area contributed by atoms with Crippen LogP contribution >= 0.6 is 11.6 Å². The van der Waals surface area contributed by atoms with Gasteiger partial charge in [0.2, 0.25) is 0 Å². The molecule has 0 radical (unpaired) electrons. The highest BCUT2D eigenvalue weighted by Crippen LogP contribution is 2.33. The van der Waals surface area contributed by atoms with Crippen LogP contribution in [0, 0.1) is 18.8 Å². The maximum Gasteiger partial charge on any atom is 0.413 e. The van der Waals surface area contributed by atoms with E-state index in [1.54, 1.807) is 32.3 Å². The number of carboxylic acids is 1. The first kappa shape index (κ1) is 26.5. The van der Waals surface area contributed by atoms with Crippen LogP contribution in [0.4, 0.5) is 10.6 Å². The summed E-state index contributed by atoms with van der Waals surface area (Å²) in [6.45, 7) is 3.92. The summed E-state index contributed by atoms with van der Waals surface area (Å²) in [4.78, 5) is 28.9. The Hall–Kier alpha value is -3.59. The molecular formula is C27H31ClN4O5. The van der Waals surface area contributed by atoms with Crippen LogP contribution in [0.3, 0.4) is 0 Å². The molecule has 2 N–H and O–H groups in total. The third-order valence-electron chi connectivity index (χ3n) is 6.78. The minimum Gasteiger partial charge on any atom is -0.491 e. The van der Waals surface area contributed by atoms with Crippen molar-refractivity contribution in [2.75, 3.05) is 11.9 Å². The summed E-state index contributed by atoms with van der Waals surface area (Å²) < 4.78 is 13.1. The number of ether oxygens (including phenoxy) is 2. The summed E-state index contributed by atoms with van der Waals surface area (Å²) in [6.07, 6.45) is 3.92. The van der Waals surface area contributed by atoms with E-state index in [-0.39, 0.29) is 11.8 Å². The van der Waals surface area contributed by atoms with Crippen molar-refractivity contribution < 1.29 is 24.2 Å². The third kappa shape index (κ3) is 6.22. The Balaban J connectivity index is 1.44. The lowest BCUT2D eigenvalue weighted by molar-refractivity contribution is -0.145. The van der Waals surface area contributed by atoms with Gasteiger partial charge in [-0.25, -0.2) is 9.78 Å². The van der Waals surface area contributed by atoms with Crippen molar-refractivity contribution >= 4 is 29.5 Å². The fourth-order valence-electron chi connectivity index (χ4n) is 4.71. The number of aliphatic carboxylic acids is 1. The number of hydrogen-bond donors (Lipinski definition) is 2. The van der Waals surface area contributed by atoms with Crippen LogP contribution in [-0.2, 0) is 16.6 Å². The number of hydrogen-bond acceptors (Lipinski definition) is 6. The molecular weight excluding hydrogens is 496 g/mol. The molecule has 0 unspecified atom stereocenters. The van der Waals surface area contributed by atoms with Crippen molar-refractivity contribution in [3.8, 4) is 17.0 Å². The first-order valence-electron chi connectivity index (χ1n) is 12.3. The van der Waals surface area contributed by atoms with Crippen molar-refractivity contribution in [2.45, 2.75) is 45.6 Å². The standard InChI is InChI=1S/C27H31ClN4O5/c1-16-24(36-15-18-8-4-5-10-20(18)26(33)34)13-12-23(30-16)21-14-29-32(3)25(21)31-27(35)37-17(2)19-9-6-7-11-22(19)28/h6-7,9,11-14,17-18,20H,4-5,8,10,15H2,1-3H3,(H,31,35)(H,33,34)/t17-,18-,20+/m1/s1. The topological polar surface area (TPSA) is 116 Å². The molecule has 1 aliphatic carbocycles. The van der Waals surface area contributed by atoms with E-state index in [4.69, 9.17) is 21.1 Å². The van der Waals surface area contributed by atoms with Gasteiger partial charge in [-0.1, -0.05) is 42.6 Å². The van der Waals surface area contributed by atoms with Crippen LogP contribution in [0.5, 0.6) is 5.75 Å². The van der Waals surface area contributed by atoms with E-state index >= 15 is 0 Å². The molecule has 1 aliphatic rings. The second-order valence-corrected chi connectivity index (χ2v) is 9.71. The highest BCUT2D eigenvalue weighted by Gasteiger charge is 2.31. The molecule has 0 bridgehead atoms. The van der Waals surface area contributed by atoms with E-state index in [0.29, 0.717) is 52.1 Å². The molecule has 1 amide bonds. The van der Waals surface area contributed by atoms with Gasteiger partial charge in [0.15, 0.2) is 0 Å². The molecule has 1 saturated carbocycles. The lowest BCUT2D eigenvalue weighted by atomic mass is 9.80. The Morgan fingerprint density at radius 3 is 2.70 bits per heavy atom. The Bertz CT molecular complexity index is 1280. The summed E-state index contributed by atoms with van der Waals surface area (Å²) in [5.74, 6) is -0.104. The normalized spacial score (nSPS) is 18.2. The molecule has 10 heteroatoms. The number of amides is 1. The average Bonchev–Trinajstić information content (AvgIpc) is 3.23. The van der Waals surface area contributed by atoms with Gasteiger partial charge in [-0.15, -0.1) is 0 Å². The highest BCUT2D eigenvalue weighted by atomic mass is 35.5. The molecule has 2 aromatic heterocycles. The minimum atomic E-state index is -0.755. The predicted octanol–water partition coefficient (Wildman–Crippen LogP) is 6.02. The average molecular weight is 527 g/mol. The maximum atomic E-state index is 12.7. The van der Waals surface area contributed by atoms with Crippen LogP contribution in [0.25, 0.3) is 11.3 Å². The van der Waals surface area contributed by atoms with Crippen molar-refractivity contribution in [2.24, 2.45) is 18.9 Å².